The van der Waals surface area contributed by atoms with Crippen LogP contribution in [0, 0.1) is 0 Å². The molecule has 0 aliphatic heterocycles. The van der Waals surface area contributed by atoms with Crippen LogP contribution in [0.25, 0.3) is 11.2 Å². The molecule has 3 aromatic heterocycles. The zero-order valence-corrected chi connectivity index (χ0v) is 12.3. The number of aromatic amines is 1. The highest BCUT2D eigenvalue weighted by Gasteiger charge is 2.12. The third-order valence-electron chi connectivity index (χ3n) is 2.39. The Balaban J connectivity index is 2.09. The Morgan fingerprint density at radius 2 is 2.16 bits per heavy atom. The summed E-state index contributed by atoms with van der Waals surface area (Å²) in [5.74, 6) is 0.536. The summed E-state index contributed by atoms with van der Waals surface area (Å²) in [5.41, 5.74) is 1.44. The Morgan fingerprint density at radius 1 is 1.26 bits per heavy atom. The number of imidazole rings is 1. The largest absolute Gasteiger partial charge is 0.357 e. The number of nitrogens with zero attached hydrogens (tertiary/aromatic N) is 4. The number of rotatable bonds is 3. The van der Waals surface area contributed by atoms with Crippen LogP contribution in [-0.2, 0) is 0 Å². The van der Waals surface area contributed by atoms with E-state index in [4.69, 9.17) is 0 Å². The zero-order valence-electron chi connectivity index (χ0n) is 9.88. The van der Waals surface area contributed by atoms with Crippen molar-refractivity contribution in [3.8, 4) is 0 Å². The van der Waals surface area contributed by atoms with Crippen molar-refractivity contribution in [1.29, 1.82) is 0 Å². The van der Waals surface area contributed by atoms with E-state index in [1.807, 2.05) is 12.1 Å². The number of pyridine rings is 1. The lowest BCUT2D eigenvalue weighted by atomic mass is 10.5. The molecule has 0 unspecified atom stereocenters. The summed E-state index contributed by atoms with van der Waals surface area (Å²) >= 11 is 4.93. The number of nitrogens with one attached hydrogen (secondary N) is 2. The van der Waals surface area contributed by atoms with Gasteiger partial charge in [-0.1, -0.05) is 0 Å². The Kier molecular flexibility index (Phi) is 3.34. The summed E-state index contributed by atoms with van der Waals surface area (Å²) in [6.45, 7) is 0. The number of halogens is 1. The van der Waals surface area contributed by atoms with Gasteiger partial charge >= 0.3 is 0 Å². The Bertz CT molecular complexity index is 728. The smallest absolute Gasteiger partial charge is 0.225 e. The van der Waals surface area contributed by atoms with Gasteiger partial charge in [0.1, 0.15) is 15.6 Å². The molecule has 3 heterocycles. The second-order valence-electron chi connectivity index (χ2n) is 3.60. The molecule has 96 valence electrons. The highest BCUT2D eigenvalue weighted by atomic mass is 79.9. The minimum absolute atomic E-state index is 0.536. The molecule has 3 rings (SSSR count). The first kappa shape index (κ1) is 12.4. The molecule has 6 nitrogen and oxygen atoms in total. The second-order valence-corrected chi connectivity index (χ2v) is 5.43. The van der Waals surface area contributed by atoms with E-state index in [0.29, 0.717) is 11.6 Å². The number of H-pyrrole nitrogens is 1. The average Bonchev–Trinajstić information content (AvgIpc) is 2.89. The van der Waals surface area contributed by atoms with Gasteiger partial charge in [0.05, 0.1) is 10.8 Å². The van der Waals surface area contributed by atoms with Crippen LogP contribution in [0.3, 0.4) is 0 Å². The summed E-state index contributed by atoms with van der Waals surface area (Å²) in [4.78, 5) is 20.2. The van der Waals surface area contributed by atoms with Crippen LogP contribution in [-0.4, -0.2) is 32.0 Å². The van der Waals surface area contributed by atoms with Gasteiger partial charge in [0.15, 0.2) is 5.65 Å². The van der Waals surface area contributed by atoms with E-state index in [0.717, 1.165) is 20.0 Å². The molecule has 8 heteroatoms. The van der Waals surface area contributed by atoms with Gasteiger partial charge in [-0.3, -0.25) is 0 Å². The molecule has 2 N–H and O–H groups in total. The molecule has 0 atom stereocenters. The number of hydrogen-bond donors (Lipinski definition) is 2. The fourth-order valence-electron chi connectivity index (χ4n) is 1.53. The highest BCUT2D eigenvalue weighted by molar-refractivity contribution is 9.10. The second kappa shape index (κ2) is 5.14. The van der Waals surface area contributed by atoms with Crippen molar-refractivity contribution >= 4 is 44.8 Å². The molecule has 0 bridgehead atoms. The lowest BCUT2D eigenvalue weighted by molar-refractivity contribution is 1.06. The van der Waals surface area contributed by atoms with Gasteiger partial charge in [0.25, 0.3) is 0 Å². The van der Waals surface area contributed by atoms with Crippen molar-refractivity contribution in [3.05, 3.63) is 29.1 Å². The lowest BCUT2D eigenvalue weighted by Crippen LogP contribution is -1.98. The Labute approximate surface area is 121 Å². The van der Waals surface area contributed by atoms with Crippen LogP contribution in [0.15, 0.2) is 39.2 Å². The molecule has 0 saturated heterocycles. The van der Waals surface area contributed by atoms with Crippen molar-refractivity contribution in [2.24, 2.45) is 0 Å². The predicted molar refractivity (Wildman–Crippen MR) is 77.3 cm³/mol. The van der Waals surface area contributed by atoms with Gasteiger partial charge in [-0.05, 0) is 39.8 Å². The predicted octanol–water partition coefficient (Wildman–Crippen LogP) is 2.70. The molecular formula is C11H9BrN6S. The molecule has 0 spiro atoms. The topological polar surface area (TPSA) is 79.4 Å². The first-order chi connectivity index (χ1) is 9.28. The molecule has 0 aliphatic carbocycles. The van der Waals surface area contributed by atoms with E-state index in [-0.39, 0.29) is 0 Å². The molecule has 0 fully saturated rings. The van der Waals surface area contributed by atoms with E-state index in [2.05, 4.69) is 46.2 Å². The molecule has 0 radical (unpaired) electrons. The molecule has 3 aromatic rings. The molecule has 0 aliphatic rings. The first-order valence-electron chi connectivity index (χ1n) is 5.45. The van der Waals surface area contributed by atoms with Gasteiger partial charge in [-0.2, -0.15) is 4.98 Å². The minimum atomic E-state index is 0.536. The average molecular weight is 337 g/mol. The normalized spacial score (nSPS) is 10.8. The summed E-state index contributed by atoms with van der Waals surface area (Å²) in [6, 6.07) is 3.82. The maximum absolute atomic E-state index is 4.44. The molecular weight excluding hydrogens is 328 g/mol. The zero-order chi connectivity index (χ0) is 13.2. The Hall–Kier alpha value is -1.67. The van der Waals surface area contributed by atoms with E-state index in [1.54, 1.807) is 19.6 Å². The van der Waals surface area contributed by atoms with Crippen molar-refractivity contribution in [3.63, 3.8) is 0 Å². The van der Waals surface area contributed by atoms with Crippen LogP contribution in [0.4, 0.5) is 5.95 Å². The maximum atomic E-state index is 4.44. The van der Waals surface area contributed by atoms with Crippen molar-refractivity contribution < 1.29 is 0 Å². The van der Waals surface area contributed by atoms with E-state index in [9.17, 15) is 0 Å². The SMILES string of the molecule is CNc1nc(Sc2ncccc2Br)c2[nH]cnc2n1. The molecule has 0 saturated carbocycles. The standard InChI is InChI=1S/C11H9BrN6S/c1-13-11-17-8-7(15-5-16-8)10(18-11)19-9-6(12)3-2-4-14-9/h2-5H,1H3,(H2,13,15,16,17,18). The monoisotopic (exact) mass is 336 g/mol. The van der Waals surface area contributed by atoms with E-state index >= 15 is 0 Å². The quantitative estimate of drug-likeness (QED) is 0.716. The van der Waals surface area contributed by atoms with E-state index in [1.165, 1.54) is 11.8 Å². The number of aromatic nitrogens is 5. The highest BCUT2D eigenvalue weighted by Crippen LogP contribution is 2.33. The number of anilines is 1. The van der Waals surface area contributed by atoms with Crippen LogP contribution >= 0.6 is 27.7 Å². The lowest BCUT2D eigenvalue weighted by Gasteiger charge is -2.05. The van der Waals surface area contributed by atoms with Crippen molar-refractivity contribution in [2.75, 3.05) is 12.4 Å². The molecule has 0 aromatic carbocycles. The van der Waals surface area contributed by atoms with Gasteiger partial charge < -0.3 is 10.3 Å². The number of fused-ring (bicyclic) bond motifs is 1. The molecule has 0 amide bonds. The van der Waals surface area contributed by atoms with Gasteiger partial charge in [-0.25, -0.2) is 15.0 Å². The summed E-state index contributed by atoms with van der Waals surface area (Å²) in [5, 5.41) is 4.56. The van der Waals surface area contributed by atoms with Crippen LogP contribution < -0.4 is 5.32 Å². The van der Waals surface area contributed by atoms with Crippen LogP contribution in [0.5, 0.6) is 0 Å². The molecule has 19 heavy (non-hydrogen) atoms. The van der Waals surface area contributed by atoms with Gasteiger partial charge in [-0.15, -0.1) is 0 Å². The summed E-state index contributed by atoms with van der Waals surface area (Å²) in [6.07, 6.45) is 3.35. The van der Waals surface area contributed by atoms with Crippen molar-refractivity contribution in [1.82, 2.24) is 24.9 Å². The minimum Gasteiger partial charge on any atom is -0.357 e. The van der Waals surface area contributed by atoms with Gasteiger partial charge in [0.2, 0.25) is 5.95 Å². The summed E-state index contributed by atoms with van der Waals surface area (Å²) < 4.78 is 0.928. The van der Waals surface area contributed by atoms with Crippen LogP contribution in [0.2, 0.25) is 0 Å². The third kappa shape index (κ3) is 2.41. The number of hydrogen-bond acceptors (Lipinski definition) is 6. The fourth-order valence-corrected chi connectivity index (χ4v) is 2.87. The van der Waals surface area contributed by atoms with Gasteiger partial charge in [0, 0.05) is 13.2 Å². The summed E-state index contributed by atoms with van der Waals surface area (Å²) in [7, 11) is 1.78. The van der Waals surface area contributed by atoms with E-state index < -0.39 is 0 Å². The maximum Gasteiger partial charge on any atom is 0.225 e. The van der Waals surface area contributed by atoms with Crippen LogP contribution in [0.1, 0.15) is 0 Å². The Morgan fingerprint density at radius 3 is 2.95 bits per heavy atom. The first-order valence-corrected chi connectivity index (χ1v) is 7.06. The van der Waals surface area contributed by atoms with Crippen molar-refractivity contribution in [2.45, 2.75) is 10.1 Å². The third-order valence-corrected chi connectivity index (χ3v) is 4.30. The fraction of sp³-hybridized carbons (Fsp3) is 0.0909.